The van der Waals surface area contributed by atoms with Crippen LogP contribution in [0, 0.1) is 0 Å². The molecule has 190 valence electrons. The van der Waals surface area contributed by atoms with Crippen molar-refractivity contribution in [2.75, 3.05) is 0 Å². The fourth-order valence-corrected chi connectivity index (χ4v) is 9.85. The van der Waals surface area contributed by atoms with E-state index in [1.165, 1.54) is 6.92 Å². The second-order valence-corrected chi connectivity index (χ2v) is 15.1. The minimum absolute atomic E-state index is 0.411. The summed E-state index contributed by atoms with van der Waals surface area (Å²) in [6, 6.07) is 8.94. The average Bonchev–Trinajstić information content (AvgIpc) is 2.77. The topological polar surface area (TPSA) is 61.8 Å². The zero-order valence-electron chi connectivity index (χ0n) is 22.5. The van der Waals surface area contributed by atoms with E-state index in [-0.39, 0.29) is 0 Å². The number of benzene rings is 1. The summed E-state index contributed by atoms with van der Waals surface area (Å²) in [6.07, 6.45) is 5.65. The molecule has 6 heteroatoms. The van der Waals surface area contributed by atoms with Gasteiger partial charge < -0.3 is 13.9 Å². The molecule has 0 heterocycles. The lowest BCUT2D eigenvalue weighted by atomic mass is 10.1. The van der Waals surface area contributed by atoms with Crippen molar-refractivity contribution in [1.82, 2.24) is 0 Å². The molecule has 0 aliphatic carbocycles. The highest BCUT2D eigenvalue weighted by molar-refractivity contribution is 6.77. The van der Waals surface area contributed by atoms with Crippen LogP contribution in [0.1, 0.15) is 86.8 Å². The van der Waals surface area contributed by atoms with Crippen LogP contribution in [0.15, 0.2) is 54.3 Å². The van der Waals surface area contributed by atoms with Gasteiger partial charge in [-0.05, 0) is 48.9 Å². The number of allylic oxidation sites excluding steroid dienone is 2. The molecule has 0 amide bonds. The van der Waals surface area contributed by atoms with Crippen LogP contribution in [0.3, 0.4) is 0 Å². The molecular weight excluding hydrogens is 444 g/mol. The van der Waals surface area contributed by atoms with Gasteiger partial charge in [0.15, 0.2) is 0 Å². The number of rotatable bonds is 13. The first-order valence-corrected chi connectivity index (χ1v) is 14.5. The molecule has 0 aliphatic heterocycles. The molecule has 34 heavy (non-hydrogen) atoms. The van der Waals surface area contributed by atoms with Gasteiger partial charge in [-0.2, -0.15) is 0 Å². The summed E-state index contributed by atoms with van der Waals surface area (Å²) in [4.78, 5) is 24.6. The van der Waals surface area contributed by atoms with Crippen molar-refractivity contribution in [3.63, 3.8) is 0 Å². The SMILES string of the molecule is C/C=C(\C)[C@H](CC/C=C/O[Si](C(C)C)(C(C)C)C(C)C)OC(=O)[C@@H](OC(C)=O)c1ccccc1. The summed E-state index contributed by atoms with van der Waals surface area (Å²) >= 11 is 0. The molecule has 1 aromatic carbocycles. The van der Waals surface area contributed by atoms with Gasteiger partial charge in [0.05, 0.1) is 6.26 Å². The lowest BCUT2D eigenvalue weighted by molar-refractivity contribution is -0.170. The van der Waals surface area contributed by atoms with E-state index in [4.69, 9.17) is 13.9 Å². The predicted octanol–water partition coefficient (Wildman–Crippen LogP) is 7.65. The Morgan fingerprint density at radius 3 is 1.94 bits per heavy atom. The third-order valence-electron chi connectivity index (χ3n) is 6.49. The Hall–Kier alpha value is -2.34. The first kappa shape index (κ1) is 29.7. The minimum Gasteiger partial charge on any atom is -0.548 e. The normalized spacial score (nSPS) is 14.5. The fraction of sp³-hybridized carbons (Fsp3) is 0.571. The van der Waals surface area contributed by atoms with E-state index in [9.17, 15) is 9.59 Å². The molecule has 2 atom stereocenters. The molecule has 0 radical (unpaired) electrons. The highest BCUT2D eigenvalue weighted by atomic mass is 28.4. The van der Waals surface area contributed by atoms with Crippen LogP contribution in [0.2, 0.25) is 16.6 Å². The molecular formula is C28H44O5Si. The van der Waals surface area contributed by atoms with Crippen LogP contribution < -0.4 is 0 Å². The van der Waals surface area contributed by atoms with E-state index < -0.39 is 32.5 Å². The van der Waals surface area contributed by atoms with E-state index in [2.05, 4.69) is 41.5 Å². The minimum atomic E-state index is -1.96. The quantitative estimate of drug-likeness (QED) is 0.123. The molecule has 0 saturated carbocycles. The van der Waals surface area contributed by atoms with Crippen molar-refractivity contribution < 1.29 is 23.5 Å². The Morgan fingerprint density at radius 1 is 0.912 bits per heavy atom. The zero-order chi connectivity index (χ0) is 25.9. The Balaban J connectivity index is 2.91. The second kappa shape index (κ2) is 14.1. The van der Waals surface area contributed by atoms with Gasteiger partial charge >= 0.3 is 11.9 Å². The number of carbonyl (C=O) groups is 2. The van der Waals surface area contributed by atoms with E-state index in [1.807, 2.05) is 38.3 Å². The van der Waals surface area contributed by atoms with Crippen molar-refractivity contribution in [3.8, 4) is 0 Å². The largest absolute Gasteiger partial charge is 0.548 e. The molecule has 0 fully saturated rings. The maximum Gasteiger partial charge on any atom is 0.352 e. The van der Waals surface area contributed by atoms with Crippen LogP contribution in [0.5, 0.6) is 0 Å². The molecule has 0 N–H and O–H groups in total. The van der Waals surface area contributed by atoms with E-state index in [0.29, 0.717) is 35.0 Å². The summed E-state index contributed by atoms with van der Waals surface area (Å²) in [5.41, 5.74) is 3.06. The molecule has 0 bridgehead atoms. The molecule has 1 rings (SSSR count). The number of ether oxygens (including phenoxy) is 2. The Kier molecular flexibility index (Phi) is 12.4. The molecule has 1 aromatic rings. The molecule has 0 aromatic heterocycles. The summed E-state index contributed by atoms with van der Waals surface area (Å²) in [5.74, 6) is -1.10. The van der Waals surface area contributed by atoms with E-state index in [0.717, 1.165) is 5.57 Å². The van der Waals surface area contributed by atoms with Gasteiger partial charge in [0.1, 0.15) is 6.10 Å². The molecule has 0 spiro atoms. The van der Waals surface area contributed by atoms with Crippen molar-refractivity contribution in [3.05, 3.63) is 59.9 Å². The van der Waals surface area contributed by atoms with Crippen LogP contribution >= 0.6 is 0 Å². The van der Waals surface area contributed by atoms with Crippen LogP contribution in [0.4, 0.5) is 0 Å². The Bertz CT molecular complexity index is 805. The molecule has 0 saturated heterocycles. The zero-order valence-corrected chi connectivity index (χ0v) is 23.5. The van der Waals surface area contributed by atoms with Crippen molar-refractivity contribution in [2.45, 2.75) is 104 Å². The van der Waals surface area contributed by atoms with E-state index >= 15 is 0 Å². The lowest BCUT2D eigenvalue weighted by Gasteiger charge is -2.41. The van der Waals surface area contributed by atoms with E-state index in [1.54, 1.807) is 24.3 Å². The fourth-order valence-electron chi connectivity index (χ4n) is 4.70. The van der Waals surface area contributed by atoms with Crippen molar-refractivity contribution in [1.29, 1.82) is 0 Å². The number of hydrogen-bond donors (Lipinski definition) is 0. The van der Waals surface area contributed by atoms with Gasteiger partial charge in [0, 0.05) is 12.5 Å². The third-order valence-corrected chi connectivity index (χ3v) is 12.5. The monoisotopic (exact) mass is 488 g/mol. The van der Waals surface area contributed by atoms with Gasteiger partial charge in [-0.25, -0.2) is 4.79 Å². The molecule has 5 nitrogen and oxygen atoms in total. The smallest absolute Gasteiger partial charge is 0.352 e. The summed E-state index contributed by atoms with van der Waals surface area (Å²) < 4.78 is 17.6. The molecule has 0 unspecified atom stereocenters. The van der Waals surface area contributed by atoms with Gasteiger partial charge in [-0.1, -0.05) is 84.0 Å². The standard InChI is InChI=1S/C28H44O5Si/c1-10-23(8)26(18-14-15-19-31-34(20(2)3,21(4)5)22(6)7)33-28(30)27(32-24(9)29)25-16-12-11-13-17-25/h10-13,15-17,19-22,26-27H,14,18H2,1-9H3/b19-15+,23-10+/t26-,27-/m0/s1. The van der Waals surface area contributed by atoms with Crippen LogP contribution in [-0.4, -0.2) is 26.4 Å². The van der Waals surface area contributed by atoms with Gasteiger partial charge in [0.25, 0.3) is 8.32 Å². The number of hydrogen-bond acceptors (Lipinski definition) is 5. The Morgan fingerprint density at radius 2 is 1.47 bits per heavy atom. The summed E-state index contributed by atoms with van der Waals surface area (Å²) in [7, 11) is -1.96. The second-order valence-electron chi connectivity index (χ2n) is 9.74. The third kappa shape index (κ3) is 8.15. The number of esters is 2. The number of carbonyl (C=O) groups excluding carboxylic acids is 2. The summed E-state index contributed by atoms with van der Waals surface area (Å²) in [5, 5.41) is 0. The van der Waals surface area contributed by atoms with Crippen molar-refractivity contribution >= 4 is 20.3 Å². The highest BCUT2D eigenvalue weighted by Gasteiger charge is 2.46. The Labute approximate surface area is 207 Å². The lowest BCUT2D eigenvalue weighted by Crippen LogP contribution is -2.46. The summed E-state index contributed by atoms with van der Waals surface area (Å²) in [6.45, 7) is 18.7. The first-order chi connectivity index (χ1) is 16.0. The van der Waals surface area contributed by atoms with Crippen LogP contribution in [0.25, 0.3) is 0 Å². The maximum absolute atomic E-state index is 13.0. The van der Waals surface area contributed by atoms with Crippen LogP contribution in [-0.2, 0) is 23.5 Å². The van der Waals surface area contributed by atoms with Gasteiger partial charge in [-0.3, -0.25) is 4.79 Å². The predicted molar refractivity (Wildman–Crippen MR) is 141 cm³/mol. The maximum atomic E-state index is 13.0. The van der Waals surface area contributed by atoms with Gasteiger partial charge in [0.2, 0.25) is 6.10 Å². The van der Waals surface area contributed by atoms with Crippen molar-refractivity contribution in [2.24, 2.45) is 0 Å². The highest BCUT2D eigenvalue weighted by Crippen LogP contribution is 2.42. The van der Waals surface area contributed by atoms with Gasteiger partial charge in [-0.15, -0.1) is 0 Å². The first-order valence-electron chi connectivity index (χ1n) is 12.4. The molecule has 0 aliphatic rings. The average molecular weight is 489 g/mol.